The summed E-state index contributed by atoms with van der Waals surface area (Å²) in [5.74, 6) is -3.30. The molecule has 3 N–H and O–H groups in total. The van der Waals surface area contributed by atoms with E-state index in [0.717, 1.165) is 35.3 Å². The van der Waals surface area contributed by atoms with E-state index in [9.17, 15) is 27.6 Å². The van der Waals surface area contributed by atoms with Crippen molar-refractivity contribution in [3.63, 3.8) is 0 Å². The summed E-state index contributed by atoms with van der Waals surface area (Å²) in [4.78, 5) is 35.3. The molecular formula is C19H14F3N3O6. The molecule has 12 heteroatoms. The van der Waals surface area contributed by atoms with Crippen LogP contribution in [0.15, 0.2) is 48.9 Å². The molecule has 0 radical (unpaired) electrons. The first-order chi connectivity index (χ1) is 14.4. The van der Waals surface area contributed by atoms with Crippen LogP contribution in [0.2, 0.25) is 0 Å². The second kappa shape index (κ2) is 9.07. The number of carboxylic acid groups (broad SMARTS) is 3. The Kier molecular flexibility index (Phi) is 6.75. The van der Waals surface area contributed by atoms with Crippen LogP contribution < -0.4 is 0 Å². The van der Waals surface area contributed by atoms with Crippen molar-refractivity contribution in [2.24, 2.45) is 0 Å². The molecular weight excluding hydrogens is 423 g/mol. The maximum Gasteiger partial charge on any atom is 0.417 e. The zero-order valence-corrected chi connectivity index (χ0v) is 15.7. The van der Waals surface area contributed by atoms with E-state index in [4.69, 9.17) is 15.3 Å². The van der Waals surface area contributed by atoms with Gasteiger partial charge in [0.1, 0.15) is 0 Å². The fraction of sp³-hybridized carbons (Fsp3) is 0.105. The Hall–Kier alpha value is -4.22. The number of carboxylic acids is 3. The molecule has 0 fully saturated rings. The summed E-state index contributed by atoms with van der Waals surface area (Å²) < 4.78 is 38.0. The average Bonchev–Trinajstić information content (AvgIpc) is 3.18. The van der Waals surface area contributed by atoms with E-state index in [1.165, 1.54) is 12.1 Å². The van der Waals surface area contributed by atoms with Gasteiger partial charge in [0.2, 0.25) is 0 Å². The number of aromatic nitrogens is 3. The summed E-state index contributed by atoms with van der Waals surface area (Å²) in [6.45, 7) is 1.65. The highest BCUT2D eigenvalue weighted by molar-refractivity contribution is 5.94. The first-order valence-corrected chi connectivity index (χ1v) is 8.28. The number of pyridine rings is 1. The fourth-order valence-electron chi connectivity index (χ4n) is 2.28. The van der Waals surface area contributed by atoms with Gasteiger partial charge in [0.15, 0.2) is 5.82 Å². The molecule has 0 aliphatic rings. The van der Waals surface area contributed by atoms with Crippen LogP contribution in [0, 0.1) is 6.92 Å². The molecule has 31 heavy (non-hydrogen) atoms. The zero-order chi connectivity index (χ0) is 23.3. The van der Waals surface area contributed by atoms with Crippen LogP contribution in [0.25, 0.3) is 5.82 Å². The van der Waals surface area contributed by atoms with Crippen LogP contribution in [0.3, 0.4) is 0 Å². The Balaban J connectivity index is 0.000000233. The molecule has 0 saturated heterocycles. The van der Waals surface area contributed by atoms with E-state index in [2.05, 4.69) is 10.1 Å². The van der Waals surface area contributed by atoms with Crippen molar-refractivity contribution in [3.8, 4) is 5.82 Å². The fourth-order valence-corrected chi connectivity index (χ4v) is 2.28. The number of benzene rings is 1. The van der Waals surface area contributed by atoms with Gasteiger partial charge in [-0.05, 0) is 42.8 Å². The van der Waals surface area contributed by atoms with Crippen molar-refractivity contribution in [3.05, 3.63) is 76.7 Å². The molecule has 3 aromatic rings. The molecule has 9 nitrogen and oxygen atoms in total. The number of hydrogen-bond donors (Lipinski definition) is 3. The van der Waals surface area contributed by atoms with Gasteiger partial charge in [-0.2, -0.15) is 18.3 Å². The minimum Gasteiger partial charge on any atom is -0.478 e. The highest BCUT2D eigenvalue weighted by Crippen LogP contribution is 2.28. The normalized spacial score (nSPS) is 10.7. The third kappa shape index (κ3) is 6.13. The van der Waals surface area contributed by atoms with Gasteiger partial charge < -0.3 is 15.3 Å². The monoisotopic (exact) mass is 437 g/mol. The molecule has 0 bridgehead atoms. The van der Waals surface area contributed by atoms with Gasteiger partial charge in [-0.1, -0.05) is 0 Å². The first kappa shape index (κ1) is 23.1. The number of carbonyl (C=O) groups is 3. The van der Waals surface area contributed by atoms with E-state index in [0.29, 0.717) is 11.8 Å². The first-order valence-electron chi connectivity index (χ1n) is 8.28. The third-order valence-corrected chi connectivity index (χ3v) is 3.71. The predicted molar refractivity (Wildman–Crippen MR) is 98.4 cm³/mol. The molecule has 2 aromatic heterocycles. The Morgan fingerprint density at radius 2 is 1.42 bits per heavy atom. The number of rotatable bonds is 4. The molecule has 3 rings (SSSR count). The molecule has 162 valence electrons. The predicted octanol–water partition coefficient (Wildman–Crippen LogP) is 3.38. The summed E-state index contributed by atoms with van der Waals surface area (Å²) in [5.41, 5.74) is -0.333. The summed E-state index contributed by atoms with van der Waals surface area (Å²) >= 11 is 0. The number of hydrogen-bond acceptors (Lipinski definition) is 5. The Morgan fingerprint density at radius 3 is 1.81 bits per heavy atom. The number of aryl methyl sites for hydroxylation is 1. The van der Waals surface area contributed by atoms with Crippen molar-refractivity contribution < 1.29 is 42.9 Å². The maximum atomic E-state index is 12.3. The van der Waals surface area contributed by atoms with E-state index in [1.807, 2.05) is 0 Å². The van der Waals surface area contributed by atoms with Gasteiger partial charge in [-0.25, -0.2) is 24.0 Å². The average molecular weight is 437 g/mol. The van der Waals surface area contributed by atoms with Crippen molar-refractivity contribution in [2.75, 3.05) is 0 Å². The molecule has 0 aliphatic heterocycles. The van der Waals surface area contributed by atoms with Crippen LogP contribution in [0.1, 0.15) is 42.2 Å². The molecule has 0 spiro atoms. The minimum absolute atomic E-state index is 0.00241. The summed E-state index contributed by atoms with van der Waals surface area (Å²) in [6, 6.07) is 5.95. The minimum atomic E-state index is -4.46. The maximum absolute atomic E-state index is 12.3. The van der Waals surface area contributed by atoms with Gasteiger partial charge in [-0.3, -0.25) is 0 Å². The van der Waals surface area contributed by atoms with Crippen molar-refractivity contribution in [1.82, 2.24) is 14.8 Å². The number of nitrogens with zero attached hydrogens (tertiary/aromatic N) is 3. The smallest absolute Gasteiger partial charge is 0.417 e. The van der Waals surface area contributed by atoms with Gasteiger partial charge in [-0.15, -0.1) is 0 Å². The summed E-state index contributed by atoms with van der Waals surface area (Å²) in [7, 11) is 0. The quantitative estimate of drug-likeness (QED) is 0.564. The lowest BCUT2D eigenvalue weighted by atomic mass is 10.1. The standard InChI is InChI=1S/C10H6F3N3O2.C9H8O4/c11-10(12,13)7-1-2-8(14-4-7)16-5-6(3-15-16)9(17)18;1-5-2-6(8(10)11)4-7(3-5)9(12)13/h1-5H,(H,17,18);2-4H,1H3,(H,10,11)(H,12,13). The zero-order valence-electron chi connectivity index (χ0n) is 15.7. The molecule has 2 heterocycles. The third-order valence-electron chi connectivity index (χ3n) is 3.71. The number of halogens is 3. The van der Waals surface area contributed by atoms with Gasteiger partial charge in [0.25, 0.3) is 0 Å². The lowest BCUT2D eigenvalue weighted by molar-refractivity contribution is -0.137. The van der Waals surface area contributed by atoms with Crippen LogP contribution in [0.4, 0.5) is 13.2 Å². The van der Waals surface area contributed by atoms with Crippen LogP contribution in [-0.2, 0) is 6.18 Å². The topological polar surface area (TPSA) is 143 Å². The second-order valence-corrected chi connectivity index (χ2v) is 6.08. The summed E-state index contributed by atoms with van der Waals surface area (Å²) in [6.07, 6.45) is -1.54. The lowest BCUT2D eigenvalue weighted by Crippen LogP contribution is -2.07. The van der Waals surface area contributed by atoms with Crippen molar-refractivity contribution in [2.45, 2.75) is 13.1 Å². The Labute approximate surface area is 172 Å². The van der Waals surface area contributed by atoms with E-state index in [1.54, 1.807) is 6.92 Å². The molecule has 0 unspecified atom stereocenters. The summed E-state index contributed by atoms with van der Waals surface area (Å²) in [5, 5.41) is 29.6. The molecule has 0 saturated carbocycles. The van der Waals surface area contributed by atoms with Crippen LogP contribution >= 0.6 is 0 Å². The molecule has 0 aliphatic carbocycles. The Morgan fingerprint density at radius 1 is 0.871 bits per heavy atom. The largest absolute Gasteiger partial charge is 0.478 e. The lowest BCUT2D eigenvalue weighted by Gasteiger charge is -2.06. The Bertz CT molecular complexity index is 1090. The van der Waals surface area contributed by atoms with Crippen LogP contribution in [-0.4, -0.2) is 48.0 Å². The molecule has 0 atom stereocenters. The number of alkyl halides is 3. The molecule has 1 aromatic carbocycles. The van der Waals surface area contributed by atoms with Gasteiger partial charge in [0.05, 0.1) is 28.5 Å². The van der Waals surface area contributed by atoms with Crippen LogP contribution in [0.5, 0.6) is 0 Å². The van der Waals surface area contributed by atoms with Gasteiger partial charge in [0, 0.05) is 12.4 Å². The van der Waals surface area contributed by atoms with E-state index < -0.39 is 29.6 Å². The highest BCUT2D eigenvalue weighted by atomic mass is 19.4. The number of aromatic carboxylic acids is 3. The molecule has 0 amide bonds. The highest BCUT2D eigenvalue weighted by Gasteiger charge is 2.30. The van der Waals surface area contributed by atoms with Crippen molar-refractivity contribution in [1.29, 1.82) is 0 Å². The SMILES string of the molecule is Cc1cc(C(=O)O)cc(C(=O)O)c1.O=C(O)c1cnn(-c2ccc(C(F)(F)F)cn2)c1. The van der Waals surface area contributed by atoms with Crippen molar-refractivity contribution >= 4 is 17.9 Å². The second-order valence-electron chi connectivity index (χ2n) is 6.08. The van der Waals surface area contributed by atoms with E-state index in [-0.39, 0.29) is 22.5 Å². The van der Waals surface area contributed by atoms with Gasteiger partial charge >= 0.3 is 24.1 Å². The van der Waals surface area contributed by atoms with E-state index >= 15 is 0 Å².